The molecular formula is C14H9ClN2O2S2. The van der Waals surface area contributed by atoms with Gasteiger partial charge in [-0.25, -0.2) is 9.78 Å². The molecule has 0 amide bonds. The maximum absolute atomic E-state index is 11.4. The van der Waals surface area contributed by atoms with Crippen molar-refractivity contribution in [3.05, 3.63) is 45.9 Å². The minimum absolute atomic E-state index is 0.112. The molecule has 0 aliphatic carbocycles. The third-order valence-corrected chi connectivity index (χ3v) is 4.81. The molecule has 0 spiro atoms. The highest BCUT2D eigenvalue weighted by Gasteiger charge is 2.14. The van der Waals surface area contributed by atoms with Crippen LogP contribution < -0.4 is 0 Å². The van der Waals surface area contributed by atoms with Crippen LogP contribution in [0.3, 0.4) is 0 Å². The van der Waals surface area contributed by atoms with Crippen LogP contribution in [0.15, 0.2) is 45.1 Å². The Balaban J connectivity index is 2.26. The molecule has 1 heterocycles. The van der Waals surface area contributed by atoms with Crippen molar-refractivity contribution in [1.29, 1.82) is 5.26 Å². The topological polar surface area (TPSA) is 63.0 Å². The molecule has 2 rings (SSSR count). The fourth-order valence-corrected chi connectivity index (χ4v) is 3.74. The number of carbonyl (C=O) groups excluding carboxylic acids is 1. The van der Waals surface area contributed by atoms with E-state index in [0.717, 1.165) is 9.24 Å². The summed E-state index contributed by atoms with van der Waals surface area (Å²) < 4.78 is 5.26. The van der Waals surface area contributed by atoms with Crippen LogP contribution >= 0.6 is 34.7 Å². The fraction of sp³-hybridized carbons (Fsp3) is 0.0714. The largest absolute Gasteiger partial charge is 0.465 e. The minimum atomic E-state index is -0.695. The average Bonchev–Trinajstić information content (AvgIpc) is 2.84. The number of aromatic nitrogens is 1. The zero-order chi connectivity index (χ0) is 15.2. The van der Waals surface area contributed by atoms with Crippen LogP contribution in [0.2, 0.25) is 5.15 Å². The fourth-order valence-electron chi connectivity index (χ4n) is 1.39. The van der Waals surface area contributed by atoms with Crippen molar-refractivity contribution >= 4 is 46.7 Å². The molecule has 2 aromatic rings. The van der Waals surface area contributed by atoms with Gasteiger partial charge in [-0.1, -0.05) is 41.6 Å². The van der Waals surface area contributed by atoms with Crippen LogP contribution in [0, 0.1) is 11.3 Å². The Morgan fingerprint density at radius 3 is 2.81 bits per heavy atom. The minimum Gasteiger partial charge on any atom is -0.465 e. The summed E-state index contributed by atoms with van der Waals surface area (Å²) in [6, 6.07) is 11.5. The van der Waals surface area contributed by atoms with Crippen molar-refractivity contribution in [3.63, 3.8) is 0 Å². The molecule has 0 unspecified atom stereocenters. The van der Waals surface area contributed by atoms with Crippen molar-refractivity contribution in [2.45, 2.75) is 9.24 Å². The molecule has 0 radical (unpaired) electrons. The Kier molecular flexibility index (Phi) is 5.39. The number of nitriles is 1. The summed E-state index contributed by atoms with van der Waals surface area (Å²) in [4.78, 5) is 17.2. The van der Waals surface area contributed by atoms with Crippen LogP contribution in [-0.2, 0) is 9.53 Å². The predicted molar refractivity (Wildman–Crippen MR) is 83.3 cm³/mol. The van der Waals surface area contributed by atoms with E-state index < -0.39 is 5.97 Å². The Bertz CT molecular complexity index is 720. The number of thiazole rings is 1. The SMILES string of the molecule is COC(=O)/C(C#N)=C/c1sc(Sc2ccccc2)nc1Cl. The summed E-state index contributed by atoms with van der Waals surface area (Å²) in [5.74, 6) is -0.695. The van der Waals surface area contributed by atoms with Gasteiger partial charge in [-0.15, -0.1) is 11.3 Å². The van der Waals surface area contributed by atoms with Gasteiger partial charge in [-0.05, 0) is 18.2 Å². The number of ether oxygens (including phenoxy) is 1. The number of esters is 1. The summed E-state index contributed by atoms with van der Waals surface area (Å²) >= 11 is 8.82. The molecule has 1 aromatic carbocycles. The van der Waals surface area contributed by atoms with Gasteiger partial charge < -0.3 is 4.74 Å². The zero-order valence-electron chi connectivity index (χ0n) is 10.9. The van der Waals surface area contributed by atoms with Gasteiger partial charge in [0.05, 0.1) is 12.0 Å². The number of nitrogens with zero attached hydrogens (tertiary/aromatic N) is 2. The number of hydrogen-bond donors (Lipinski definition) is 0. The van der Waals surface area contributed by atoms with Crippen molar-refractivity contribution in [2.75, 3.05) is 7.11 Å². The first kappa shape index (κ1) is 15.6. The van der Waals surface area contributed by atoms with E-state index in [-0.39, 0.29) is 10.7 Å². The quantitative estimate of drug-likeness (QED) is 0.479. The summed E-state index contributed by atoms with van der Waals surface area (Å²) in [6.45, 7) is 0. The lowest BCUT2D eigenvalue weighted by molar-refractivity contribution is -0.135. The molecule has 106 valence electrons. The first-order valence-electron chi connectivity index (χ1n) is 5.73. The summed E-state index contributed by atoms with van der Waals surface area (Å²) in [7, 11) is 1.22. The van der Waals surface area contributed by atoms with Gasteiger partial charge in [0.1, 0.15) is 16.8 Å². The van der Waals surface area contributed by atoms with Crippen molar-refractivity contribution in [2.24, 2.45) is 0 Å². The van der Waals surface area contributed by atoms with Crippen molar-refractivity contribution < 1.29 is 9.53 Å². The molecule has 0 saturated carbocycles. The second kappa shape index (κ2) is 7.27. The van der Waals surface area contributed by atoms with E-state index in [1.54, 1.807) is 6.07 Å². The predicted octanol–water partition coefficient (Wildman–Crippen LogP) is 4.03. The molecule has 0 atom stereocenters. The number of methoxy groups -OCH3 is 1. The van der Waals surface area contributed by atoms with Gasteiger partial charge >= 0.3 is 5.97 Å². The summed E-state index contributed by atoms with van der Waals surface area (Å²) in [5, 5.41) is 9.20. The van der Waals surface area contributed by atoms with Gasteiger partial charge in [-0.3, -0.25) is 0 Å². The Morgan fingerprint density at radius 2 is 2.19 bits per heavy atom. The Hall–Kier alpha value is -1.81. The third-order valence-electron chi connectivity index (χ3n) is 2.34. The normalized spacial score (nSPS) is 11.0. The van der Waals surface area contributed by atoms with E-state index in [0.29, 0.717) is 4.88 Å². The number of carbonyl (C=O) groups is 1. The number of halogens is 1. The highest BCUT2D eigenvalue weighted by Crippen LogP contribution is 2.35. The smallest absolute Gasteiger partial charge is 0.348 e. The van der Waals surface area contributed by atoms with E-state index in [4.69, 9.17) is 16.9 Å². The number of hydrogen-bond acceptors (Lipinski definition) is 6. The molecule has 0 aliphatic rings. The van der Waals surface area contributed by atoms with Gasteiger partial charge in [0.15, 0.2) is 4.34 Å². The maximum Gasteiger partial charge on any atom is 0.348 e. The van der Waals surface area contributed by atoms with E-state index in [1.165, 1.54) is 36.3 Å². The standard InChI is InChI=1S/C14H9ClN2O2S2/c1-19-13(18)9(8-16)7-11-12(15)17-14(21-11)20-10-5-3-2-4-6-10/h2-7H,1H3/b9-7+. The van der Waals surface area contributed by atoms with Crippen molar-refractivity contribution in [3.8, 4) is 6.07 Å². The van der Waals surface area contributed by atoms with E-state index in [9.17, 15) is 4.79 Å². The van der Waals surface area contributed by atoms with Crippen LogP contribution in [0.1, 0.15) is 4.88 Å². The zero-order valence-corrected chi connectivity index (χ0v) is 13.3. The molecular weight excluding hydrogens is 328 g/mol. The molecule has 1 aromatic heterocycles. The maximum atomic E-state index is 11.4. The highest BCUT2D eigenvalue weighted by molar-refractivity contribution is 8.01. The van der Waals surface area contributed by atoms with Crippen LogP contribution in [0.25, 0.3) is 6.08 Å². The lowest BCUT2D eigenvalue weighted by Crippen LogP contribution is -2.02. The van der Waals surface area contributed by atoms with E-state index in [2.05, 4.69) is 9.72 Å². The average molecular weight is 337 g/mol. The molecule has 7 heteroatoms. The second-order valence-corrected chi connectivity index (χ2v) is 6.42. The van der Waals surface area contributed by atoms with Gasteiger partial charge in [0, 0.05) is 4.90 Å². The van der Waals surface area contributed by atoms with Crippen LogP contribution in [0.4, 0.5) is 0 Å². The van der Waals surface area contributed by atoms with Gasteiger partial charge in [-0.2, -0.15) is 5.26 Å². The van der Waals surface area contributed by atoms with E-state index in [1.807, 2.05) is 30.3 Å². The molecule has 0 bridgehead atoms. The molecule has 4 nitrogen and oxygen atoms in total. The van der Waals surface area contributed by atoms with Gasteiger partial charge in [0.25, 0.3) is 0 Å². The van der Waals surface area contributed by atoms with Crippen molar-refractivity contribution in [1.82, 2.24) is 4.98 Å². The lowest BCUT2D eigenvalue weighted by Gasteiger charge is -1.95. The molecule has 0 aliphatic heterocycles. The second-order valence-electron chi connectivity index (χ2n) is 3.71. The highest BCUT2D eigenvalue weighted by atomic mass is 35.5. The lowest BCUT2D eigenvalue weighted by atomic mass is 10.2. The molecule has 21 heavy (non-hydrogen) atoms. The number of rotatable bonds is 4. The van der Waals surface area contributed by atoms with Gasteiger partial charge in [0.2, 0.25) is 0 Å². The Morgan fingerprint density at radius 1 is 1.48 bits per heavy atom. The first-order valence-corrected chi connectivity index (χ1v) is 7.74. The molecule has 0 N–H and O–H groups in total. The Labute approximate surface area is 135 Å². The summed E-state index contributed by atoms with van der Waals surface area (Å²) in [5.41, 5.74) is -0.112. The molecule has 0 saturated heterocycles. The third kappa shape index (κ3) is 4.08. The van der Waals surface area contributed by atoms with E-state index >= 15 is 0 Å². The van der Waals surface area contributed by atoms with Crippen LogP contribution in [0.5, 0.6) is 0 Å². The summed E-state index contributed by atoms with van der Waals surface area (Å²) in [6.07, 6.45) is 1.39. The first-order chi connectivity index (χ1) is 10.1. The molecule has 0 fully saturated rings. The van der Waals surface area contributed by atoms with Crippen LogP contribution in [-0.4, -0.2) is 18.1 Å². The monoisotopic (exact) mass is 336 g/mol. The number of benzene rings is 1.